The SMILES string of the molecule is COC1(C)/C=C/C(C(C)C)CC/C(C)=C/CC1. The minimum atomic E-state index is -0.0960. The zero-order valence-corrected chi connectivity index (χ0v) is 12.1. The fourth-order valence-electron chi connectivity index (χ4n) is 2.33. The lowest BCUT2D eigenvalue weighted by Gasteiger charge is -2.27. The first-order chi connectivity index (χ1) is 7.97. The van der Waals surface area contributed by atoms with Gasteiger partial charge >= 0.3 is 0 Å². The van der Waals surface area contributed by atoms with Crippen molar-refractivity contribution in [2.75, 3.05) is 7.11 Å². The van der Waals surface area contributed by atoms with Gasteiger partial charge in [0.15, 0.2) is 0 Å². The van der Waals surface area contributed by atoms with Crippen LogP contribution in [0.1, 0.15) is 53.4 Å². The monoisotopic (exact) mass is 236 g/mol. The van der Waals surface area contributed by atoms with Crippen molar-refractivity contribution in [3.63, 3.8) is 0 Å². The quantitative estimate of drug-likeness (QED) is 0.629. The molecule has 2 atom stereocenters. The smallest absolute Gasteiger partial charge is 0.0833 e. The van der Waals surface area contributed by atoms with Gasteiger partial charge in [0, 0.05) is 7.11 Å². The Morgan fingerprint density at radius 1 is 1.41 bits per heavy atom. The van der Waals surface area contributed by atoms with Crippen molar-refractivity contribution in [1.29, 1.82) is 0 Å². The van der Waals surface area contributed by atoms with Crippen molar-refractivity contribution >= 4 is 0 Å². The van der Waals surface area contributed by atoms with E-state index in [1.165, 1.54) is 18.4 Å². The highest BCUT2D eigenvalue weighted by Crippen LogP contribution is 2.27. The molecule has 0 saturated carbocycles. The summed E-state index contributed by atoms with van der Waals surface area (Å²) in [6.45, 7) is 9.06. The number of methoxy groups -OCH3 is 1. The van der Waals surface area contributed by atoms with Gasteiger partial charge in [-0.2, -0.15) is 0 Å². The summed E-state index contributed by atoms with van der Waals surface area (Å²) in [5.74, 6) is 1.38. The van der Waals surface area contributed by atoms with Crippen LogP contribution in [-0.4, -0.2) is 12.7 Å². The molecule has 1 aliphatic carbocycles. The summed E-state index contributed by atoms with van der Waals surface area (Å²) in [4.78, 5) is 0. The highest BCUT2D eigenvalue weighted by atomic mass is 16.5. The Kier molecular flexibility index (Phi) is 5.45. The van der Waals surface area contributed by atoms with Crippen LogP contribution in [0.15, 0.2) is 23.8 Å². The molecule has 0 saturated heterocycles. The van der Waals surface area contributed by atoms with Gasteiger partial charge in [-0.3, -0.25) is 0 Å². The van der Waals surface area contributed by atoms with Crippen LogP contribution < -0.4 is 0 Å². The van der Waals surface area contributed by atoms with Crippen LogP contribution in [0.25, 0.3) is 0 Å². The van der Waals surface area contributed by atoms with Gasteiger partial charge in [0.2, 0.25) is 0 Å². The molecule has 1 heteroatoms. The average molecular weight is 236 g/mol. The third-order valence-corrected chi connectivity index (χ3v) is 4.02. The summed E-state index contributed by atoms with van der Waals surface area (Å²) < 4.78 is 5.66. The molecule has 0 amide bonds. The van der Waals surface area contributed by atoms with Crippen LogP contribution in [0, 0.1) is 11.8 Å². The van der Waals surface area contributed by atoms with E-state index in [9.17, 15) is 0 Å². The summed E-state index contributed by atoms with van der Waals surface area (Å²) >= 11 is 0. The molecule has 2 unspecified atom stereocenters. The third-order valence-electron chi connectivity index (χ3n) is 4.02. The maximum absolute atomic E-state index is 5.66. The highest BCUT2D eigenvalue weighted by molar-refractivity contribution is 5.08. The Bertz CT molecular complexity index is 288. The van der Waals surface area contributed by atoms with E-state index in [0.29, 0.717) is 11.8 Å². The largest absolute Gasteiger partial charge is 0.374 e. The molecule has 98 valence electrons. The van der Waals surface area contributed by atoms with E-state index in [0.717, 1.165) is 12.8 Å². The molecule has 1 rings (SSSR count). The first kappa shape index (κ1) is 14.5. The lowest BCUT2D eigenvalue weighted by molar-refractivity contribution is 0.0414. The van der Waals surface area contributed by atoms with Gasteiger partial charge in [-0.05, 0) is 51.4 Å². The maximum atomic E-state index is 5.66. The lowest BCUT2D eigenvalue weighted by Crippen LogP contribution is -2.25. The van der Waals surface area contributed by atoms with Crippen molar-refractivity contribution in [1.82, 2.24) is 0 Å². The van der Waals surface area contributed by atoms with E-state index in [1.54, 1.807) is 0 Å². The van der Waals surface area contributed by atoms with E-state index in [4.69, 9.17) is 4.74 Å². The number of ether oxygens (including phenoxy) is 1. The predicted octanol–water partition coefficient (Wildman–Crippen LogP) is 4.74. The maximum Gasteiger partial charge on any atom is 0.0833 e. The standard InChI is InChI=1S/C16H28O/c1-13(2)15-9-8-14(3)7-6-11-16(4,17-5)12-10-15/h7,10,12-13,15H,6,8-9,11H2,1-5H3/b12-10+,14-7+. The molecule has 0 aliphatic heterocycles. The van der Waals surface area contributed by atoms with Gasteiger partial charge in [0.25, 0.3) is 0 Å². The average Bonchev–Trinajstić information content (AvgIpc) is 2.28. The van der Waals surface area contributed by atoms with E-state index >= 15 is 0 Å². The number of allylic oxidation sites excluding steroid dienone is 3. The molecule has 0 aromatic rings. The Balaban J connectivity index is 2.85. The predicted molar refractivity (Wildman–Crippen MR) is 75.1 cm³/mol. The van der Waals surface area contributed by atoms with Gasteiger partial charge in [-0.25, -0.2) is 0 Å². The first-order valence-corrected chi connectivity index (χ1v) is 6.87. The number of hydrogen-bond donors (Lipinski definition) is 0. The topological polar surface area (TPSA) is 9.23 Å². The van der Waals surface area contributed by atoms with Crippen molar-refractivity contribution in [2.45, 2.75) is 59.0 Å². The minimum absolute atomic E-state index is 0.0960. The fourth-order valence-corrected chi connectivity index (χ4v) is 2.33. The van der Waals surface area contributed by atoms with Crippen LogP contribution in [0.4, 0.5) is 0 Å². The normalized spacial score (nSPS) is 36.4. The molecule has 1 nitrogen and oxygen atoms in total. The molecule has 0 aromatic heterocycles. The molecule has 0 fully saturated rings. The molecule has 17 heavy (non-hydrogen) atoms. The molecule has 0 spiro atoms. The fraction of sp³-hybridized carbons (Fsp3) is 0.750. The van der Waals surface area contributed by atoms with E-state index in [1.807, 2.05) is 7.11 Å². The molecule has 1 aliphatic rings. The molecular formula is C16H28O. The summed E-state index contributed by atoms with van der Waals surface area (Å²) in [6, 6.07) is 0. The van der Waals surface area contributed by atoms with Crippen LogP contribution in [-0.2, 0) is 4.74 Å². The Hall–Kier alpha value is -0.560. The van der Waals surface area contributed by atoms with Crippen LogP contribution in [0.3, 0.4) is 0 Å². The Labute approximate surface area is 107 Å². The molecule has 0 aromatic carbocycles. The molecule has 0 N–H and O–H groups in total. The first-order valence-electron chi connectivity index (χ1n) is 6.87. The van der Waals surface area contributed by atoms with Gasteiger partial charge in [0.05, 0.1) is 5.60 Å². The zero-order valence-electron chi connectivity index (χ0n) is 12.1. The molecule has 0 heterocycles. The summed E-state index contributed by atoms with van der Waals surface area (Å²) in [5, 5.41) is 0. The number of hydrogen-bond acceptors (Lipinski definition) is 1. The summed E-state index contributed by atoms with van der Waals surface area (Å²) in [7, 11) is 1.82. The van der Waals surface area contributed by atoms with E-state index in [2.05, 4.69) is 45.9 Å². The zero-order chi connectivity index (χ0) is 12.9. The van der Waals surface area contributed by atoms with Gasteiger partial charge < -0.3 is 4.74 Å². The molecule has 0 bridgehead atoms. The molecular weight excluding hydrogens is 208 g/mol. The summed E-state index contributed by atoms with van der Waals surface area (Å²) in [6.07, 6.45) is 11.7. The lowest BCUT2D eigenvalue weighted by atomic mass is 9.86. The van der Waals surface area contributed by atoms with E-state index < -0.39 is 0 Å². The highest BCUT2D eigenvalue weighted by Gasteiger charge is 2.21. The van der Waals surface area contributed by atoms with Crippen LogP contribution in [0.5, 0.6) is 0 Å². The minimum Gasteiger partial charge on any atom is -0.374 e. The van der Waals surface area contributed by atoms with Gasteiger partial charge in [0.1, 0.15) is 0 Å². The Morgan fingerprint density at radius 3 is 2.71 bits per heavy atom. The van der Waals surface area contributed by atoms with Crippen molar-refractivity contribution in [3.05, 3.63) is 23.8 Å². The second-order valence-corrected chi connectivity index (χ2v) is 5.91. The van der Waals surface area contributed by atoms with Crippen molar-refractivity contribution < 1.29 is 4.74 Å². The van der Waals surface area contributed by atoms with Crippen molar-refractivity contribution in [3.8, 4) is 0 Å². The van der Waals surface area contributed by atoms with Gasteiger partial charge in [-0.15, -0.1) is 0 Å². The number of rotatable bonds is 2. The van der Waals surface area contributed by atoms with Crippen LogP contribution in [0.2, 0.25) is 0 Å². The van der Waals surface area contributed by atoms with E-state index in [-0.39, 0.29) is 5.60 Å². The third kappa shape index (κ3) is 4.67. The second kappa shape index (κ2) is 6.39. The molecule has 0 radical (unpaired) electrons. The van der Waals surface area contributed by atoms with Crippen molar-refractivity contribution in [2.24, 2.45) is 11.8 Å². The van der Waals surface area contributed by atoms with Gasteiger partial charge in [-0.1, -0.05) is 37.6 Å². The second-order valence-electron chi connectivity index (χ2n) is 5.91. The summed E-state index contributed by atoms with van der Waals surface area (Å²) in [5.41, 5.74) is 1.44. The Morgan fingerprint density at radius 2 is 2.12 bits per heavy atom. The van der Waals surface area contributed by atoms with Crippen LogP contribution >= 0.6 is 0 Å².